The number of carbonyl (C=O) groups is 1. The Morgan fingerprint density at radius 3 is 2.60 bits per heavy atom. The highest BCUT2D eigenvalue weighted by atomic mass is 32.2. The summed E-state index contributed by atoms with van der Waals surface area (Å²) in [5.41, 5.74) is 7.52. The highest BCUT2D eigenvalue weighted by Crippen LogP contribution is 2.29. The van der Waals surface area contributed by atoms with Crippen LogP contribution in [0.3, 0.4) is 0 Å². The van der Waals surface area contributed by atoms with Gasteiger partial charge < -0.3 is 10.6 Å². The maximum absolute atomic E-state index is 10.9. The van der Waals surface area contributed by atoms with Gasteiger partial charge in [0.1, 0.15) is 0 Å². The van der Waals surface area contributed by atoms with E-state index in [4.69, 9.17) is 5.73 Å². The smallest absolute Gasteiger partial charge is 0.256 e. The van der Waals surface area contributed by atoms with Crippen LogP contribution in [0.5, 0.6) is 0 Å². The molecule has 0 aliphatic carbocycles. The standard InChI is InChI=1S/C11H12N2OS/c1-8-2-4-9(5-3-8)13-6-10(11(12)14)15-7-13/h2-6H,7H2,1H3,(H2,12,14). The van der Waals surface area contributed by atoms with E-state index < -0.39 is 0 Å². The van der Waals surface area contributed by atoms with Crippen molar-refractivity contribution in [2.45, 2.75) is 6.92 Å². The molecule has 1 aliphatic heterocycles. The van der Waals surface area contributed by atoms with Gasteiger partial charge in [0.05, 0.1) is 10.8 Å². The van der Waals surface area contributed by atoms with Crippen LogP contribution in [0.15, 0.2) is 35.4 Å². The van der Waals surface area contributed by atoms with Crippen molar-refractivity contribution in [1.82, 2.24) is 0 Å². The normalized spacial score (nSPS) is 15.3. The number of hydrogen-bond donors (Lipinski definition) is 1. The van der Waals surface area contributed by atoms with E-state index in [0.717, 1.165) is 11.6 Å². The number of nitrogens with two attached hydrogens (primary N) is 1. The van der Waals surface area contributed by atoms with Gasteiger partial charge in [0.2, 0.25) is 0 Å². The quantitative estimate of drug-likeness (QED) is 0.827. The Morgan fingerprint density at radius 1 is 1.40 bits per heavy atom. The van der Waals surface area contributed by atoms with E-state index in [1.165, 1.54) is 17.3 Å². The third-order valence-corrected chi connectivity index (χ3v) is 3.27. The van der Waals surface area contributed by atoms with Crippen molar-refractivity contribution in [3.8, 4) is 0 Å². The SMILES string of the molecule is Cc1ccc(N2C=C(C(N)=O)SC2)cc1. The number of anilines is 1. The average Bonchev–Trinajstić information content (AvgIpc) is 2.68. The summed E-state index contributed by atoms with van der Waals surface area (Å²) in [4.78, 5) is 13.6. The van der Waals surface area contributed by atoms with Gasteiger partial charge in [-0.15, -0.1) is 0 Å². The van der Waals surface area contributed by atoms with Crippen LogP contribution in [0, 0.1) is 6.92 Å². The monoisotopic (exact) mass is 220 g/mol. The van der Waals surface area contributed by atoms with Crippen LogP contribution in [0.2, 0.25) is 0 Å². The molecule has 4 heteroatoms. The van der Waals surface area contributed by atoms with Crippen LogP contribution in [0.4, 0.5) is 5.69 Å². The van der Waals surface area contributed by atoms with Gasteiger partial charge in [-0.25, -0.2) is 0 Å². The van der Waals surface area contributed by atoms with Crippen molar-refractivity contribution in [2.24, 2.45) is 5.73 Å². The summed E-state index contributed by atoms with van der Waals surface area (Å²) >= 11 is 1.47. The third kappa shape index (κ3) is 2.15. The lowest BCUT2D eigenvalue weighted by atomic mass is 10.2. The van der Waals surface area contributed by atoms with E-state index in [0.29, 0.717) is 4.91 Å². The van der Waals surface area contributed by atoms with E-state index in [9.17, 15) is 4.79 Å². The minimum absolute atomic E-state index is 0.352. The summed E-state index contributed by atoms with van der Waals surface area (Å²) < 4.78 is 0. The predicted molar refractivity (Wildman–Crippen MR) is 63.4 cm³/mol. The number of rotatable bonds is 2. The number of primary amides is 1. The molecule has 0 unspecified atom stereocenters. The molecule has 0 radical (unpaired) electrons. The average molecular weight is 220 g/mol. The predicted octanol–water partition coefficient (Wildman–Crippen LogP) is 1.83. The molecule has 2 N–H and O–H groups in total. The van der Waals surface area contributed by atoms with E-state index >= 15 is 0 Å². The largest absolute Gasteiger partial charge is 0.365 e. The molecule has 1 amide bonds. The summed E-state index contributed by atoms with van der Waals surface area (Å²) in [5.74, 6) is 0.399. The number of benzene rings is 1. The zero-order chi connectivity index (χ0) is 10.8. The topological polar surface area (TPSA) is 46.3 Å². The second-order valence-electron chi connectivity index (χ2n) is 3.44. The molecule has 1 aromatic rings. The number of nitrogens with zero attached hydrogens (tertiary/aromatic N) is 1. The van der Waals surface area contributed by atoms with Gasteiger partial charge >= 0.3 is 0 Å². The molecule has 3 nitrogen and oxygen atoms in total. The first-order valence-corrected chi connectivity index (χ1v) is 5.63. The second kappa shape index (κ2) is 3.98. The molecule has 0 saturated heterocycles. The first-order valence-electron chi connectivity index (χ1n) is 4.64. The van der Waals surface area contributed by atoms with Gasteiger partial charge in [0.25, 0.3) is 5.91 Å². The molecule has 78 valence electrons. The molecule has 1 heterocycles. The lowest BCUT2D eigenvalue weighted by molar-refractivity contribution is -0.113. The number of amides is 1. The van der Waals surface area contributed by atoms with E-state index in [2.05, 4.69) is 12.1 Å². The first-order chi connectivity index (χ1) is 7.16. The number of aryl methyl sites for hydroxylation is 1. The molecule has 1 aromatic carbocycles. The van der Waals surface area contributed by atoms with Crippen molar-refractivity contribution in [3.63, 3.8) is 0 Å². The van der Waals surface area contributed by atoms with E-state index in [-0.39, 0.29) is 5.91 Å². The molecule has 0 atom stereocenters. The van der Waals surface area contributed by atoms with Crippen molar-refractivity contribution in [2.75, 3.05) is 10.8 Å². The van der Waals surface area contributed by atoms with Gasteiger partial charge in [-0.05, 0) is 19.1 Å². The van der Waals surface area contributed by atoms with E-state index in [1.54, 1.807) is 6.20 Å². The Labute approximate surface area is 92.9 Å². The first kappa shape index (κ1) is 10.1. The van der Waals surface area contributed by atoms with E-state index in [1.807, 2.05) is 24.0 Å². The Balaban J connectivity index is 2.20. The molecule has 1 aliphatic rings. The minimum Gasteiger partial charge on any atom is -0.365 e. The highest BCUT2D eigenvalue weighted by Gasteiger charge is 2.17. The minimum atomic E-state index is -0.352. The van der Waals surface area contributed by atoms with Crippen molar-refractivity contribution >= 4 is 23.4 Å². The van der Waals surface area contributed by atoms with Crippen molar-refractivity contribution in [1.29, 1.82) is 0 Å². The molecule has 0 bridgehead atoms. The zero-order valence-electron chi connectivity index (χ0n) is 8.43. The lowest BCUT2D eigenvalue weighted by Gasteiger charge is -2.14. The Kier molecular flexibility index (Phi) is 2.68. The molecule has 0 saturated carbocycles. The maximum Gasteiger partial charge on any atom is 0.256 e. The number of hydrogen-bond acceptors (Lipinski definition) is 3. The van der Waals surface area contributed by atoms with Crippen LogP contribution < -0.4 is 10.6 Å². The van der Waals surface area contributed by atoms with Crippen molar-refractivity contribution in [3.05, 3.63) is 40.9 Å². The molecular formula is C11H12N2OS. The van der Waals surface area contributed by atoms with Crippen molar-refractivity contribution < 1.29 is 4.79 Å². The Morgan fingerprint density at radius 2 is 2.07 bits per heavy atom. The summed E-state index contributed by atoms with van der Waals surface area (Å²) in [6.07, 6.45) is 1.80. The fourth-order valence-electron chi connectivity index (χ4n) is 1.38. The van der Waals surface area contributed by atoms with Gasteiger partial charge in [0.15, 0.2) is 0 Å². The van der Waals surface area contributed by atoms with Gasteiger partial charge in [0, 0.05) is 11.9 Å². The fourth-order valence-corrected chi connectivity index (χ4v) is 2.22. The summed E-state index contributed by atoms with van der Waals surface area (Å²) in [7, 11) is 0. The zero-order valence-corrected chi connectivity index (χ0v) is 9.25. The van der Waals surface area contributed by atoms with Crippen LogP contribution in [0.25, 0.3) is 0 Å². The second-order valence-corrected chi connectivity index (χ2v) is 4.42. The summed E-state index contributed by atoms with van der Waals surface area (Å²) in [6, 6.07) is 8.18. The Bertz CT molecular complexity index is 411. The van der Waals surface area contributed by atoms with Crippen LogP contribution in [0.1, 0.15) is 5.56 Å². The van der Waals surface area contributed by atoms with Gasteiger partial charge in [-0.1, -0.05) is 29.5 Å². The fraction of sp³-hybridized carbons (Fsp3) is 0.182. The molecular weight excluding hydrogens is 208 g/mol. The highest BCUT2D eigenvalue weighted by molar-refractivity contribution is 8.04. The molecule has 0 aromatic heterocycles. The maximum atomic E-state index is 10.9. The molecule has 0 spiro atoms. The van der Waals surface area contributed by atoms with Gasteiger partial charge in [-0.2, -0.15) is 0 Å². The van der Waals surface area contributed by atoms with Crippen LogP contribution in [-0.4, -0.2) is 11.8 Å². The molecule has 15 heavy (non-hydrogen) atoms. The van der Waals surface area contributed by atoms with Crippen LogP contribution >= 0.6 is 11.8 Å². The van der Waals surface area contributed by atoms with Crippen LogP contribution in [-0.2, 0) is 4.79 Å². The summed E-state index contributed by atoms with van der Waals surface area (Å²) in [5, 5.41) is 0. The Hall–Kier alpha value is -1.42. The molecule has 2 rings (SSSR count). The summed E-state index contributed by atoms with van der Waals surface area (Å²) in [6.45, 7) is 2.05. The third-order valence-electron chi connectivity index (χ3n) is 2.24. The van der Waals surface area contributed by atoms with Gasteiger partial charge in [-0.3, -0.25) is 4.79 Å². The number of thioether (sulfide) groups is 1. The lowest BCUT2D eigenvalue weighted by Crippen LogP contribution is -2.12. The molecule has 0 fully saturated rings. The number of carbonyl (C=O) groups excluding carboxylic acids is 1.